The van der Waals surface area contributed by atoms with E-state index in [-0.39, 0.29) is 23.1 Å². The minimum absolute atomic E-state index is 0.0850. The monoisotopic (exact) mass is 282 g/mol. The molecule has 2 unspecified atom stereocenters. The van der Waals surface area contributed by atoms with Gasteiger partial charge in [0, 0.05) is 24.7 Å². The molecule has 0 saturated carbocycles. The number of aliphatic hydroxyl groups is 1. The molecule has 1 aliphatic heterocycles. The van der Waals surface area contributed by atoms with Crippen molar-refractivity contribution in [2.75, 3.05) is 13.1 Å². The highest BCUT2D eigenvalue weighted by Gasteiger charge is 2.31. The van der Waals surface area contributed by atoms with Gasteiger partial charge in [-0.3, -0.25) is 4.79 Å². The smallest absolute Gasteiger partial charge is 0.257 e. The standard InChI is InChI=1S/C14H19ClN2O2/c1-8-6-9(2)16-13(15)12(8)14(19)17-5-4-11(7-17)10(3)18/h6,10-11,18H,4-5,7H2,1-3H3. The molecule has 104 valence electrons. The van der Waals surface area contributed by atoms with Crippen LogP contribution >= 0.6 is 11.6 Å². The van der Waals surface area contributed by atoms with Crippen LogP contribution in [-0.4, -0.2) is 40.1 Å². The molecule has 5 heteroatoms. The fourth-order valence-electron chi connectivity index (χ4n) is 2.57. The van der Waals surface area contributed by atoms with Crippen LogP contribution in [0.2, 0.25) is 5.15 Å². The summed E-state index contributed by atoms with van der Waals surface area (Å²) in [5.74, 6) is 0.0691. The number of halogens is 1. The second-order valence-electron chi connectivity index (χ2n) is 5.29. The van der Waals surface area contributed by atoms with Gasteiger partial charge < -0.3 is 10.0 Å². The number of likely N-dealkylation sites (tertiary alicyclic amines) is 1. The van der Waals surface area contributed by atoms with E-state index in [0.717, 1.165) is 17.7 Å². The number of carbonyl (C=O) groups excluding carboxylic acids is 1. The number of amides is 1. The summed E-state index contributed by atoms with van der Waals surface area (Å²) in [6, 6.07) is 1.86. The molecule has 0 aliphatic carbocycles. The van der Waals surface area contributed by atoms with Crippen LogP contribution in [0.25, 0.3) is 0 Å². The second-order valence-corrected chi connectivity index (χ2v) is 5.64. The van der Waals surface area contributed by atoms with Gasteiger partial charge in [-0.05, 0) is 38.8 Å². The van der Waals surface area contributed by atoms with Gasteiger partial charge in [-0.1, -0.05) is 11.6 Å². The first-order valence-corrected chi connectivity index (χ1v) is 6.89. The third-order valence-electron chi connectivity index (χ3n) is 3.71. The van der Waals surface area contributed by atoms with Gasteiger partial charge in [-0.15, -0.1) is 0 Å². The van der Waals surface area contributed by atoms with Gasteiger partial charge in [0.05, 0.1) is 11.7 Å². The minimum Gasteiger partial charge on any atom is -0.393 e. The third-order valence-corrected chi connectivity index (χ3v) is 3.98. The second kappa shape index (κ2) is 5.47. The largest absolute Gasteiger partial charge is 0.393 e. The van der Waals surface area contributed by atoms with Crippen molar-refractivity contribution >= 4 is 17.5 Å². The number of hydrogen-bond acceptors (Lipinski definition) is 3. The Balaban J connectivity index is 2.22. The molecule has 1 fully saturated rings. The molecule has 1 amide bonds. The highest BCUT2D eigenvalue weighted by atomic mass is 35.5. The Labute approximate surface area is 118 Å². The number of rotatable bonds is 2. The zero-order valence-corrected chi connectivity index (χ0v) is 12.2. The van der Waals surface area contributed by atoms with E-state index in [9.17, 15) is 9.90 Å². The Bertz CT molecular complexity index is 479. The van der Waals surface area contributed by atoms with Crippen molar-refractivity contribution in [3.05, 3.63) is 28.0 Å². The predicted octanol–water partition coefficient (Wildman–Crippen LogP) is 2.19. The number of aliphatic hydroxyl groups excluding tert-OH is 1. The van der Waals surface area contributed by atoms with Crippen LogP contribution in [0.4, 0.5) is 0 Å². The van der Waals surface area contributed by atoms with Crippen molar-refractivity contribution < 1.29 is 9.90 Å². The van der Waals surface area contributed by atoms with Crippen LogP contribution < -0.4 is 0 Å². The molecule has 1 aliphatic rings. The van der Waals surface area contributed by atoms with Crippen LogP contribution in [0.15, 0.2) is 6.07 Å². The summed E-state index contributed by atoms with van der Waals surface area (Å²) < 4.78 is 0. The van der Waals surface area contributed by atoms with Crippen molar-refractivity contribution in [2.24, 2.45) is 5.92 Å². The maximum atomic E-state index is 12.5. The highest BCUT2D eigenvalue weighted by molar-refractivity contribution is 6.32. The van der Waals surface area contributed by atoms with Crippen LogP contribution in [0.1, 0.15) is 35.0 Å². The summed E-state index contributed by atoms with van der Waals surface area (Å²) >= 11 is 6.10. The molecule has 1 N–H and O–H groups in total. The fourth-order valence-corrected chi connectivity index (χ4v) is 2.93. The first-order valence-electron chi connectivity index (χ1n) is 6.51. The molecule has 1 saturated heterocycles. The molecule has 19 heavy (non-hydrogen) atoms. The lowest BCUT2D eigenvalue weighted by molar-refractivity contribution is 0.0761. The van der Waals surface area contributed by atoms with E-state index < -0.39 is 0 Å². The lowest BCUT2D eigenvalue weighted by Gasteiger charge is -2.19. The summed E-state index contributed by atoms with van der Waals surface area (Å²) in [5.41, 5.74) is 2.14. The Morgan fingerprint density at radius 2 is 2.26 bits per heavy atom. The van der Waals surface area contributed by atoms with E-state index in [0.29, 0.717) is 18.7 Å². The summed E-state index contributed by atoms with van der Waals surface area (Å²) in [7, 11) is 0. The average molecular weight is 283 g/mol. The van der Waals surface area contributed by atoms with E-state index >= 15 is 0 Å². The van der Waals surface area contributed by atoms with Gasteiger partial charge in [0.15, 0.2) is 0 Å². The average Bonchev–Trinajstić information content (AvgIpc) is 2.76. The summed E-state index contributed by atoms with van der Waals surface area (Å²) in [6.45, 7) is 6.74. The molecule has 0 aromatic carbocycles. The number of hydrogen-bond donors (Lipinski definition) is 1. The molecule has 2 rings (SSSR count). The number of aryl methyl sites for hydroxylation is 2. The lowest BCUT2D eigenvalue weighted by atomic mass is 10.0. The first kappa shape index (κ1) is 14.3. The number of carbonyl (C=O) groups is 1. The summed E-state index contributed by atoms with van der Waals surface area (Å²) in [5, 5.41) is 9.86. The van der Waals surface area contributed by atoms with Crippen LogP contribution in [0.3, 0.4) is 0 Å². The molecule has 1 aromatic heterocycles. The number of aromatic nitrogens is 1. The molecule has 1 aromatic rings. The van der Waals surface area contributed by atoms with Gasteiger partial charge >= 0.3 is 0 Å². The Hall–Kier alpha value is -1.13. The molecule has 2 atom stereocenters. The van der Waals surface area contributed by atoms with Gasteiger partial charge in [0.2, 0.25) is 0 Å². The molecular formula is C14H19ClN2O2. The maximum Gasteiger partial charge on any atom is 0.257 e. The SMILES string of the molecule is Cc1cc(C)c(C(=O)N2CCC(C(C)O)C2)c(Cl)n1. The van der Waals surface area contributed by atoms with Crippen LogP contribution in [0, 0.1) is 19.8 Å². The molecule has 0 bridgehead atoms. The Morgan fingerprint density at radius 1 is 1.58 bits per heavy atom. The lowest BCUT2D eigenvalue weighted by Crippen LogP contribution is -2.31. The van der Waals surface area contributed by atoms with Gasteiger partial charge in [-0.2, -0.15) is 0 Å². The summed E-state index contributed by atoms with van der Waals surface area (Å²) in [6.07, 6.45) is 0.449. The van der Waals surface area contributed by atoms with Gasteiger partial charge in [0.1, 0.15) is 5.15 Å². The van der Waals surface area contributed by atoms with Crippen molar-refractivity contribution in [2.45, 2.75) is 33.3 Å². The topological polar surface area (TPSA) is 53.4 Å². The molecular weight excluding hydrogens is 264 g/mol. The van der Waals surface area contributed by atoms with Crippen molar-refractivity contribution in [3.63, 3.8) is 0 Å². The predicted molar refractivity (Wildman–Crippen MR) is 74.4 cm³/mol. The molecule has 2 heterocycles. The van der Waals surface area contributed by atoms with E-state index in [2.05, 4.69) is 4.98 Å². The first-order chi connectivity index (χ1) is 8.90. The zero-order valence-electron chi connectivity index (χ0n) is 11.5. The number of pyridine rings is 1. The molecule has 0 radical (unpaired) electrons. The van der Waals surface area contributed by atoms with Crippen molar-refractivity contribution in [1.29, 1.82) is 0 Å². The zero-order chi connectivity index (χ0) is 14.2. The van der Waals surface area contributed by atoms with E-state index in [4.69, 9.17) is 11.6 Å². The van der Waals surface area contributed by atoms with E-state index in [1.54, 1.807) is 11.8 Å². The van der Waals surface area contributed by atoms with E-state index in [1.807, 2.05) is 19.9 Å². The van der Waals surface area contributed by atoms with Gasteiger partial charge in [0.25, 0.3) is 5.91 Å². The molecule has 4 nitrogen and oxygen atoms in total. The maximum absolute atomic E-state index is 12.5. The Morgan fingerprint density at radius 3 is 2.79 bits per heavy atom. The highest BCUT2D eigenvalue weighted by Crippen LogP contribution is 2.25. The van der Waals surface area contributed by atoms with Crippen LogP contribution in [0.5, 0.6) is 0 Å². The normalized spacial score (nSPS) is 20.7. The molecule has 0 spiro atoms. The van der Waals surface area contributed by atoms with Crippen molar-refractivity contribution in [1.82, 2.24) is 9.88 Å². The Kier molecular flexibility index (Phi) is 4.11. The van der Waals surface area contributed by atoms with Crippen LogP contribution in [-0.2, 0) is 0 Å². The minimum atomic E-state index is -0.384. The number of nitrogens with zero attached hydrogens (tertiary/aromatic N) is 2. The van der Waals surface area contributed by atoms with Gasteiger partial charge in [-0.25, -0.2) is 4.98 Å². The summed E-state index contributed by atoms with van der Waals surface area (Å²) in [4.78, 5) is 18.4. The fraction of sp³-hybridized carbons (Fsp3) is 0.571. The quantitative estimate of drug-likeness (QED) is 0.846. The third kappa shape index (κ3) is 2.90. The van der Waals surface area contributed by atoms with Crippen molar-refractivity contribution in [3.8, 4) is 0 Å². The van der Waals surface area contributed by atoms with E-state index in [1.165, 1.54) is 0 Å².